The van der Waals surface area contributed by atoms with Crippen LogP contribution in [0, 0.1) is 5.82 Å². The molecule has 3 N–H and O–H groups in total. The summed E-state index contributed by atoms with van der Waals surface area (Å²) < 4.78 is 19.8. The first-order valence-corrected chi connectivity index (χ1v) is 9.35. The molecule has 1 fully saturated rings. The number of rotatable bonds is 6. The van der Waals surface area contributed by atoms with Gasteiger partial charge in [-0.1, -0.05) is 0 Å². The zero-order chi connectivity index (χ0) is 20.4. The summed E-state index contributed by atoms with van der Waals surface area (Å²) in [5.74, 6) is 0.609. The van der Waals surface area contributed by atoms with Crippen molar-refractivity contribution in [2.75, 3.05) is 18.1 Å². The van der Waals surface area contributed by atoms with Crippen LogP contribution in [-0.2, 0) is 0 Å². The van der Waals surface area contributed by atoms with Crippen LogP contribution in [0.5, 0.6) is 5.88 Å². The molecule has 29 heavy (non-hydrogen) atoms. The van der Waals surface area contributed by atoms with Gasteiger partial charge in [-0.25, -0.2) is 24.1 Å². The molecule has 0 saturated carbocycles. The lowest BCUT2D eigenvalue weighted by Gasteiger charge is -2.27. The van der Waals surface area contributed by atoms with Gasteiger partial charge in [0.1, 0.15) is 23.8 Å². The first-order valence-electron chi connectivity index (χ1n) is 9.35. The summed E-state index contributed by atoms with van der Waals surface area (Å²) in [5.41, 5.74) is 2.09. The lowest BCUT2D eigenvalue weighted by Crippen LogP contribution is -2.36. The molecule has 3 aromatic rings. The summed E-state index contributed by atoms with van der Waals surface area (Å²) in [6.07, 6.45) is 3.28. The molecule has 0 aliphatic carbocycles. The number of amides is 1. The molecular formula is C19H21FN6O3. The van der Waals surface area contributed by atoms with Crippen molar-refractivity contribution in [3.05, 3.63) is 42.1 Å². The molecule has 4 rings (SSSR count). The molecule has 2 atom stereocenters. The van der Waals surface area contributed by atoms with Gasteiger partial charge in [0.15, 0.2) is 5.65 Å². The second kappa shape index (κ2) is 7.90. The van der Waals surface area contributed by atoms with Gasteiger partial charge in [-0.2, -0.15) is 0 Å². The molecule has 2 unspecified atom stereocenters. The van der Waals surface area contributed by atoms with Crippen LogP contribution in [0.3, 0.4) is 0 Å². The highest BCUT2D eigenvalue weighted by Crippen LogP contribution is 2.39. The highest BCUT2D eigenvalue weighted by atomic mass is 19.1. The van der Waals surface area contributed by atoms with Gasteiger partial charge in [0, 0.05) is 12.1 Å². The SMILES string of the molecule is CC(COc1ncc(F)cc1C1CCCN1c1ccc2nc[nH]c2n1)NC(=O)O. The largest absolute Gasteiger partial charge is 0.475 e. The average Bonchev–Trinajstić information content (AvgIpc) is 3.35. The van der Waals surface area contributed by atoms with Crippen LogP contribution in [0.2, 0.25) is 0 Å². The molecule has 0 bridgehead atoms. The van der Waals surface area contributed by atoms with E-state index in [2.05, 4.69) is 30.2 Å². The van der Waals surface area contributed by atoms with E-state index in [1.165, 1.54) is 6.07 Å². The summed E-state index contributed by atoms with van der Waals surface area (Å²) in [5, 5.41) is 11.1. The lowest BCUT2D eigenvalue weighted by molar-refractivity contribution is 0.182. The Balaban J connectivity index is 1.60. The van der Waals surface area contributed by atoms with Crippen LogP contribution in [0.25, 0.3) is 11.2 Å². The fraction of sp³-hybridized carbons (Fsp3) is 0.368. The molecule has 0 aromatic carbocycles. The minimum absolute atomic E-state index is 0.0863. The van der Waals surface area contributed by atoms with Gasteiger partial charge >= 0.3 is 6.09 Å². The number of pyridine rings is 2. The van der Waals surface area contributed by atoms with Crippen LogP contribution in [0.4, 0.5) is 15.0 Å². The van der Waals surface area contributed by atoms with Crippen molar-refractivity contribution in [2.24, 2.45) is 0 Å². The van der Waals surface area contributed by atoms with Crippen molar-refractivity contribution in [3.8, 4) is 5.88 Å². The van der Waals surface area contributed by atoms with Crippen molar-refractivity contribution >= 4 is 23.1 Å². The molecular weight excluding hydrogens is 379 g/mol. The summed E-state index contributed by atoms with van der Waals surface area (Å²) in [4.78, 5) is 28.8. The molecule has 1 saturated heterocycles. The van der Waals surface area contributed by atoms with E-state index in [9.17, 15) is 9.18 Å². The minimum Gasteiger partial charge on any atom is -0.475 e. The fourth-order valence-corrected chi connectivity index (χ4v) is 3.60. The number of aromatic amines is 1. The zero-order valence-electron chi connectivity index (χ0n) is 15.8. The molecule has 1 aliphatic heterocycles. The highest BCUT2D eigenvalue weighted by Gasteiger charge is 2.31. The molecule has 9 nitrogen and oxygen atoms in total. The van der Waals surface area contributed by atoms with Gasteiger partial charge in [-0.3, -0.25) is 0 Å². The second-order valence-electron chi connectivity index (χ2n) is 7.00. The molecule has 0 spiro atoms. The van der Waals surface area contributed by atoms with Gasteiger partial charge in [-0.15, -0.1) is 0 Å². The van der Waals surface area contributed by atoms with Gasteiger partial charge < -0.3 is 25.0 Å². The van der Waals surface area contributed by atoms with Crippen molar-refractivity contribution in [3.63, 3.8) is 0 Å². The number of hydrogen-bond acceptors (Lipinski definition) is 6. The first-order chi connectivity index (χ1) is 14.0. The smallest absolute Gasteiger partial charge is 0.404 e. The normalized spacial score (nSPS) is 17.4. The molecule has 1 amide bonds. The Bertz CT molecular complexity index is 1030. The van der Waals surface area contributed by atoms with E-state index in [-0.39, 0.29) is 12.6 Å². The van der Waals surface area contributed by atoms with Gasteiger partial charge in [-0.05, 0) is 38.0 Å². The highest BCUT2D eigenvalue weighted by molar-refractivity contribution is 5.72. The number of nitrogens with zero attached hydrogens (tertiary/aromatic N) is 4. The Morgan fingerprint density at radius 3 is 3.17 bits per heavy atom. The number of carbonyl (C=O) groups is 1. The Hall–Kier alpha value is -3.43. The standard InChI is InChI=1S/C19H21FN6O3/c1-11(24-19(27)28)9-29-18-13(7-12(20)8-21-18)15-3-2-6-26(15)16-5-4-14-17(25-16)23-10-22-14/h4-5,7-8,10-11,15,24H,2-3,6,9H2,1H3,(H,27,28)(H,22,23,25). The second-order valence-corrected chi connectivity index (χ2v) is 7.00. The predicted molar refractivity (Wildman–Crippen MR) is 104 cm³/mol. The number of ether oxygens (including phenoxy) is 1. The van der Waals surface area contributed by atoms with Gasteiger partial charge in [0.25, 0.3) is 0 Å². The van der Waals surface area contributed by atoms with E-state index >= 15 is 0 Å². The number of carboxylic acid groups (broad SMARTS) is 1. The van der Waals surface area contributed by atoms with E-state index in [4.69, 9.17) is 9.84 Å². The molecule has 152 valence electrons. The molecule has 3 aromatic heterocycles. The summed E-state index contributed by atoms with van der Waals surface area (Å²) in [7, 11) is 0. The monoisotopic (exact) mass is 400 g/mol. The number of halogens is 1. The van der Waals surface area contributed by atoms with Crippen LogP contribution in [0.15, 0.2) is 30.7 Å². The number of anilines is 1. The quantitative estimate of drug-likeness (QED) is 0.582. The van der Waals surface area contributed by atoms with Gasteiger partial charge in [0.05, 0.1) is 24.6 Å². The maximum absolute atomic E-state index is 14.0. The van der Waals surface area contributed by atoms with E-state index in [1.54, 1.807) is 13.3 Å². The van der Waals surface area contributed by atoms with Gasteiger partial charge in [0.2, 0.25) is 5.88 Å². The van der Waals surface area contributed by atoms with Crippen molar-refractivity contribution in [1.82, 2.24) is 25.3 Å². The molecule has 0 radical (unpaired) electrons. The van der Waals surface area contributed by atoms with Crippen LogP contribution >= 0.6 is 0 Å². The maximum Gasteiger partial charge on any atom is 0.404 e. The average molecular weight is 400 g/mol. The topological polar surface area (TPSA) is 116 Å². The molecule has 10 heteroatoms. The third-order valence-electron chi connectivity index (χ3n) is 4.86. The maximum atomic E-state index is 14.0. The Kier molecular flexibility index (Phi) is 5.15. The Morgan fingerprint density at radius 1 is 1.48 bits per heavy atom. The lowest BCUT2D eigenvalue weighted by atomic mass is 10.1. The van der Waals surface area contributed by atoms with Crippen molar-refractivity contribution < 1.29 is 19.0 Å². The number of fused-ring (bicyclic) bond motifs is 1. The first kappa shape index (κ1) is 18.9. The number of hydrogen-bond donors (Lipinski definition) is 3. The van der Waals surface area contributed by atoms with E-state index in [0.717, 1.165) is 36.9 Å². The summed E-state index contributed by atoms with van der Waals surface area (Å²) >= 11 is 0. The zero-order valence-corrected chi connectivity index (χ0v) is 15.8. The number of imidazole rings is 1. The third-order valence-corrected chi connectivity index (χ3v) is 4.86. The molecule has 4 heterocycles. The van der Waals surface area contributed by atoms with E-state index in [1.807, 2.05) is 12.1 Å². The Labute approximate surface area is 165 Å². The van der Waals surface area contributed by atoms with E-state index in [0.29, 0.717) is 17.1 Å². The van der Waals surface area contributed by atoms with Crippen LogP contribution < -0.4 is 15.0 Å². The number of nitrogens with one attached hydrogen (secondary N) is 2. The van der Waals surface area contributed by atoms with Crippen molar-refractivity contribution in [2.45, 2.75) is 31.8 Å². The number of aromatic nitrogens is 4. The summed E-state index contributed by atoms with van der Waals surface area (Å²) in [6, 6.07) is 4.63. The summed E-state index contributed by atoms with van der Waals surface area (Å²) in [6.45, 7) is 2.54. The fourth-order valence-electron chi connectivity index (χ4n) is 3.60. The molecule has 1 aliphatic rings. The minimum atomic E-state index is -1.13. The van der Waals surface area contributed by atoms with Crippen LogP contribution in [-0.4, -0.2) is 50.3 Å². The van der Waals surface area contributed by atoms with Crippen molar-refractivity contribution in [1.29, 1.82) is 0 Å². The third kappa shape index (κ3) is 4.05. The van der Waals surface area contributed by atoms with E-state index < -0.39 is 18.0 Å². The predicted octanol–water partition coefficient (Wildman–Crippen LogP) is 2.87. The van der Waals surface area contributed by atoms with Crippen LogP contribution in [0.1, 0.15) is 31.4 Å². The Morgan fingerprint density at radius 2 is 2.34 bits per heavy atom. The number of H-pyrrole nitrogens is 1.